The number of hydrogen-bond donors (Lipinski definition) is 0. The lowest BCUT2D eigenvalue weighted by Gasteiger charge is -2.18. The molecule has 0 heterocycles. The van der Waals surface area contributed by atoms with E-state index in [9.17, 15) is 14.4 Å². The standard InChI is InChI=1S/C76H136O6/c1-4-7-10-13-16-19-22-25-27-29-31-33-35-37-38-40-41-43-45-47-49-51-54-57-60-63-66-69-75(78)81-72-73(71-80-74(77)68-65-62-59-56-53-24-21-18-15-12-9-6-3)82-76(79)70-67-64-61-58-55-52-50-48-46-44-42-39-36-34-32-30-28-26-23-20-17-14-11-8-5-2/h8,11,17,20,26,28,32,34,39,42,46,48,73H,4-7,9-10,12-16,18-19,21-25,27,29-31,33,35-38,40-41,43-45,47,49-72H2,1-3H3/b11-8-,20-17-,28-26-,34-32-,42-39-,48-46-. The first-order valence-corrected chi connectivity index (χ1v) is 35.9. The van der Waals surface area contributed by atoms with Gasteiger partial charge in [0.05, 0.1) is 0 Å². The first-order valence-electron chi connectivity index (χ1n) is 35.9. The first kappa shape index (κ1) is 78.8. The third-order valence-electron chi connectivity index (χ3n) is 16.0. The van der Waals surface area contributed by atoms with Gasteiger partial charge in [-0.25, -0.2) is 0 Å². The predicted molar refractivity (Wildman–Crippen MR) is 358 cm³/mol. The number of esters is 3. The monoisotopic (exact) mass is 1150 g/mol. The van der Waals surface area contributed by atoms with E-state index in [0.717, 1.165) is 109 Å². The summed E-state index contributed by atoms with van der Waals surface area (Å²) in [5.74, 6) is -0.869. The summed E-state index contributed by atoms with van der Waals surface area (Å²) in [6, 6.07) is 0. The quantitative estimate of drug-likeness (QED) is 0.0261. The van der Waals surface area contributed by atoms with Crippen molar-refractivity contribution in [2.75, 3.05) is 13.2 Å². The van der Waals surface area contributed by atoms with Crippen LogP contribution in [0.5, 0.6) is 0 Å². The first-order chi connectivity index (χ1) is 40.5. The molecule has 0 amide bonds. The normalized spacial score (nSPS) is 12.5. The summed E-state index contributed by atoms with van der Waals surface area (Å²) in [4.78, 5) is 38.4. The van der Waals surface area contributed by atoms with Gasteiger partial charge in [0, 0.05) is 19.3 Å². The second-order valence-electron chi connectivity index (χ2n) is 24.1. The Morgan fingerprint density at radius 2 is 0.476 bits per heavy atom. The van der Waals surface area contributed by atoms with E-state index >= 15 is 0 Å². The van der Waals surface area contributed by atoms with Crippen molar-refractivity contribution in [1.29, 1.82) is 0 Å². The fourth-order valence-electron chi connectivity index (χ4n) is 10.6. The Balaban J connectivity index is 4.25. The maximum atomic E-state index is 12.9. The molecule has 0 saturated heterocycles. The highest BCUT2D eigenvalue weighted by molar-refractivity contribution is 5.71. The molecule has 0 aliphatic heterocycles. The minimum atomic E-state index is -0.782. The van der Waals surface area contributed by atoms with Crippen LogP contribution in [0.2, 0.25) is 0 Å². The zero-order chi connectivity index (χ0) is 59.2. The molecule has 0 spiro atoms. The van der Waals surface area contributed by atoms with Crippen LogP contribution in [0.3, 0.4) is 0 Å². The molecule has 1 unspecified atom stereocenters. The van der Waals surface area contributed by atoms with E-state index in [1.165, 1.54) is 225 Å². The molecule has 1 atom stereocenters. The lowest BCUT2D eigenvalue weighted by molar-refractivity contribution is -0.167. The van der Waals surface area contributed by atoms with Gasteiger partial charge in [-0.05, 0) is 70.6 Å². The lowest BCUT2D eigenvalue weighted by Crippen LogP contribution is -2.30. The van der Waals surface area contributed by atoms with E-state index in [0.29, 0.717) is 19.3 Å². The van der Waals surface area contributed by atoms with Gasteiger partial charge in [-0.1, -0.05) is 357 Å². The summed E-state index contributed by atoms with van der Waals surface area (Å²) in [5, 5.41) is 0. The van der Waals surface area contributed by atoms with Gasteiger partial charge in [0.15, 0.2) is 6.10 Å². The van der Waals surface area contributed by atoms with Gasteiger partial charge in [0.25, 0.3) is 0 Å². The van der Waals surface area contributed by atoms with Crippen LogP contribution in [0.4, 0.5) is 0 Å². The van der Waals surface area contributed by atoms with E-state index in [4.69, 9.17) is 14.2 Å². The van der Waals surface area contributed by atoms with Crippen molar-refractivity contribution in [2.45, 2.75) is 380 Å². The molecule has 0 saturated carbocycles. The molecule has 0 fully saturated rings. The zero-order valence-electron chi connectivity index (χ0n) is 54.8. The second kappa shape index (κ2) is 70.3. The van der Waals surface area contributed by atoms with Gasteiger partial charge in [-0.3, -0.25) is 14.4 Å². The molecule has 0 bridgehead atoms. The maximum absolute atomic E-state index is 12.9. The predicted octanol–water partition coefficient (Wildman–Crippen LogP) is 24.8. The van der Waals surface area contributed by atoms with E-state index in [-0.39, 0.29) is 31.1 Å². The van der Waals surface area contributed by atoms with Crippen LogP contribution in [0.25, 0.3) is 0 Å². The van der Waals surface area contributed by atoms with E-state index in [1.807, 2.05) is 0 Å². The van der Waals surface area contributed by atoms with Crippen LogP contribution in [-0.4, -0.2) is 37.2 Å². The minimum absolute atomic E-state index is 0.0767. The minimum Gasteiger partial charge on any atom is -0.462 e. The Kier molecular flexibility index (Phi) is 67.6. The maximum Gasteiger partial charge on any atom is 0.306 e. The highest BCUT2D eigenvalue weighted by atomic mass is 16.6. The molecular weight excluding hydrogens is 1010 g/mol. The lowest BCUT2D eigenvalue weighted by atomic mass is 10.0. The number of allylic oxidation sites excluding steroid dienone is 12. The van der Waals surface area contributed by atoms with E-state index in [1.54, 1.807) is 0 Å². The molecule has 0 aliphatic carbocycles. The third-order valence-corrected chi connectivity index (χ3v) is 16.0. The highest BCUT2D eigenvalue weighted by Gasteiger charge is 2.19. The van der Waals surface area contributed by atoms with Gasteiger partial charge in [-0.15, -0.1) is 0 Å². The van der Waals surface area contributed by atoms with Crippen molar-refractivity contribution in [3.05, 3.63) is 72.9 Å². The zero-order valence-corrected chi connectivity index (χ0v) is 54.8. The van der Waals surface area contributed by atoms with Crippen molar-refractivity contribution in [3.8, 4) is 0 Å². The second-order valence-corrected chi connectivity index (χ2v) is 24.1. The third kappa shape index (κ3) is 67.6. The fourth-order valence-corrected chi connectivity index (χ4v) is 10.6. The largest absolute Gasteiger partial charge is 0.462 e. The SMILES string of the molecule is CC/C=C\C/C=C\C/C=C\C/C=C\C/C=C\C/C=C\CCCCCCCCC(=O)OC(COC(=O)CCCCCCCCCCCCCC)COC(=O)CCCCCCCCCCCCCCCCCCCCCCCCCCCCC. The molecule has 0 aromatic carbocycles. The molecule has 0 rings (SSSR count). The summed E-state index contributed by atoms with van der Waals surface area (Å²) in [5.41, 5.74) is 0. The summed E-state index contributed by atoms with van der Waals surface area (Å²) in [6.07, 6.45) is 92.2. The molecule has 0 radical (unpaired) electrons. The van der Waals surface area contributed by atoms with Gasteiger partial charge in [0.2, 0.25) is 0 Å². The van der Waals surface area contributed by atoms with Crippen LogP contribution >= 0.6 is 0 Å². The Morgan fingerprint density at radius 3 is 0.744 bits per heavy atom. The van der Waals surface area contributed by atoms with Gasteiger partial charge in [0.1, 0.15) is 13.2 Å². The Labute approximate surface area is 510 Å². The molecule has 0 N–H and O–H groups in total. The van der Waals surface area contributed by atoms with E-state index in [2.05, 4.69) is 93.7 Å². The van der Waals surface area contributed by atoms with Crippen LogP contribution in [0, 0.1) is 0 Å². The number of rotatable bonds is 66. The van der Waals surface area contributed by atoms with Gasteiger partial charge in [-0.2, -0.15) is 0 Å². The van der Waals surface area contributed by atoms with Gasteiger partial charge >= 0.3 is 17.9 Å². The van der Waals surface area contributed by atoms with Crippen LogP contribution in [0.1, 0.15) is 374 Å². The molecule has 0 aromatic rings. The smallest absolute Gasteiger partial charge is 0.306 e. The number of unbranched alkanes of at least 4 members (excludes halogenated alkanes) is 43. The van der Waals surface area contributed by atoms with E-state index < -0.39 is 6.10 Å². The van der Waals surface area contributed by atoms with Crippen LogP contribution in [0.15, 0.2) is 72.9 Å². The van der Waals surface area contributed by atoms with Crippen molar-refractivity contribution < 1.29 is 28.6 Å². The molecular formula is C76H136O6. The van der Waals surface area contributed by atoms with Crippen molar-refractivity contribution in [3.63, 3.8) is 0 Å². The van der Waals surface area contributed by atoms with Crippen LogP contribution < -0.4 is 0 Å². The van der Waals surface area contributed by atoms with Crippen LogP contribution in [-0.2, 0) is 28.6 Å². The highest BCUT2D eigenvalue weighted by Crippen LogP contribution is 2.18. The van der Waals surface area contributed by atoms with Crippen molar-refractivity contribution in [1.82, 2.24) is 0 Å². The number of ether oxygens (including phenoxy) is 3. The molecule has 0 aromatic heterocycles. The summed E-state index contributed by atoms with van der Waals surface area (Å²) in [7, 11) is 0. The summed E-state index contributed by atoms with van der Waals surface area (Å²) < 4.78 is 17.0. The van der Waals surface area contributed by atoms with Crippen molar-refractivity contribution >= 4 is 17.9 Å². The summed E-state index contributed by atoms with van der Waals surface area (Å²) >= 11 is 0. The number of carbonyl (C=O) groups is 3. The number of carbonyl (C=O) groups excluding carboxylic acids is 3. The average Bonchev–Trinajstić information content (AvgIpc) is 3.47. The summed E-state index contributed by atoms with van der Waals surface area (Å²) in [6.45, 7) is 6.57. The fraction of sp³-hybridized carbons (Fsp3) is 0.803. The number of hydrogen-bond acceptors (Lipinski definition) is 6. The molecule has 476 valence electrons. The molecule has 6 heteroatoms. The topological polar surface area (TPSA) is 78.9 Å². The molecule has 82 heavy (non-hydrogen) atoms. The Hall–Kier alpha value is -3.15. The molecule has 6 nitrogen and oxygen atoms in total. The Bertz CT molecular complexity index is 1500. The van der Waals surface area contributed by atoms with Gasteiger partial charge < -0.3 is 14.2 Å². The van der Waals surface area contributed by atoms with Crippen molar-refractivity contribution in [2.24, 2.45) is 0 Å². The average molecular weight is 1150 g/mol. The molecule has 0 aliphatic rings. The Morgan fingerprint density at radius 1 is 0.256 bits per heavy atom.